The smallest absolute Gasteiger partial charge is 0.490 e. The molecule has 32 heavy (non-hydrogen) atoms. The standard InChI is InChI=1S/C16H21O13P3/c1-25-14-7-11-5-3-2-4-10(11)6-12(14)15-8-13(17)16(27-15)9-26-31(21,22)29-32(23,24)28-30(18,19)20/h2-7,13,15-17H,8-9H2,1H3,(H,21,22)(H,23,24)(H2,18,19,20)/t13-,15-,16?/m1/s1. The van der Waals surface area contributed by atoms with Gasteiger partial charge in [-0.15, -0.1) is 0 Å². The second-order valence-corrected chi connectivity index (χ2v) is 11.2. The summed E-state index contributed by atoms with van der Waals surface area (Å²) in [6.45, 7) is -0.739. The first-order valence-electron chi connectivity index (χ1n) is 8.97. The first kappa shape index (κ1) is 25.5. The van der Waals surface area contributed by atoms with Crippen molar-refractivity contribution in [3.8, 4) is 5.75 Å². The van der Waals surface area contributed by atoms with Gasteiger partial charge in [-0.1, -0.05) is 24.3 Å². The van der Waals surface area contributed by atoms with Crippen LogP contribution < -0.4 is 4.74 Å². The van der Waals surface area contributed by atoms with Crippen LogP contribution >= 0.6 is 23.5 Å². The molecule has 178 valence electrons. The molecule has 1 aliphatic rings. The second kappa shape index (κ2) is 9.60. The zero-order chi connectivity index (χ0) is 23.7. The summed E-state index contributed by atoms with van der Waals surface area (Å²) in [5.41, 5.74) is 0.631. The first-order chi connectivity index (χ1) is 14.8. The maximum Gasteiger partial charge on any atom is 0.490 e. The quantitative estimate of drug-likeness (QED) is 0.306. The summed E-state index contributed by atoms with van der Waals surface area (Å²) >= 11 is 0. The van der Waals surface area contributed by atoms with Gasteiger partial charge in [-0.25, -0.2) is 13.7 Å². The summed E-state index contributed by atoms with van der Waals surface area (Å²) in [6, 6.07) is 11.1. The van der Waals surface area contributed by atoms with E-state index in [1.165, 1.54) is 7.11 Å². The Balaban J connectivity index is 1.68. The highest BCUT2D eigenvalue weighted by Crippen LogP contribution is 2.66. The molecule has 0 spiro atoms. The Kier molecular flexibility index (Phi) is 7.63. The zero-order valence-corrected chi connectivity index (χ0v) is 19.1. The van der Waals surface area contributed by atoms with E-state index < -0.39 is 48.4 Å². The third-order valence-corrected chi connectivity index (χ3v) is 8.29. The molecule has 1 aliphatic heterocycles. The molecule has 16 heteroatoms. The molecule has 2 aromatic rings. The third kappa shape index (κ3) is 6.68. The number of aliphatic hydroxyl groups is 1. The van der Waals surface area contributed by atoms with Gasteiger partial charge in [0.2, 0.25) is 0 Å². The van der Waals surface area contributed by atoms with Crippen molar-refractivity contribution in [2.24, 2.45) is 0 Å². The van der Waals surface area contributed by atoms with Gasteiger partial charge in [-0.05, 0) is 22.9 Å². The Morgan fingerprint density at radius 1 is 1.00 bits per heavy atom. The lowest BCUT2D eigenvalue weighted by atomic mass is 9.99. The van der Waals surface area contributed by atoms with Gasteiger partial charge >= 0.3 is 23.5 Å². The first-order valence-corrected chi connectivity index (χ1v) is 13.5. The topological polar surface area (TPSA) is 199 Å². The van der Waals surface area contributed by atoms with Crippen molar-refractivity contribution in [1.29, 1.82) is 0 Å². The number of phosphoric acid groups is 3. The zero-order valence-electron chi connectivity index (χ0n) is 16.5. The summed E-state index contributed by atoms with van der Waals surface area (Å²) in [5.74, 6) is 0.509. The van der Waals surface area contributed by atoms with E-state index in [-0.39, 0.29) is 6.42 Å². The minimum atomic E-state index is -5.63. The van der Waals surface area contributed by atoms with Crippen LogP contribution in [0.25, 0.3) is 10.8 Å². The number of fused-ring (bicyclic) bond motifs is 1. The van der Waals surface area contributed by atoms with Crippen molar-refractivity contribution in [3.63, 3.8) is 0 Å². The number of rotatable bonds is 9. The van der Waals surface area contributed by atoms with Gasteiger partial charge in [-0.2, -0.15) is 8.62 Å². The molecule has 0 saturated carbocycles. The molecule has 2 aromatic carbocycles. The van der Waals surface area contributed by atoms with Gasteiger partial charge in [0, 0.05) is 12.0 Å². The van der Waals surface area contributed by atoms with Crippen LogP contribution in [0.1, 0.15) is 18.1 Å². The molecule has 3 unspecified atom stereocenters. The SMILES string of the molecule is COc1cc2ccccc2cc1[C@H]1C[C@@H](O)C(COP(=O)(O)OP(=O)(O)OP(=O)(O)O)O1. The van der Waals surface area contributed by atoms with Crippen LogP contribution in [0.5, 0.6) is 5.75 Å². The Labute approximate surface area is 181 Å². The Hall–Kier alpha value is -1.17. The molecule has 0 bridgehead atoms. The highest BCUT2D eigenvalue weighted by molar-refractivity contribution is 7.66. The molecule has 3 rings (SSSR count). The van der Waals surface area contributed by atoms with Crippen molar-refractivity contribution in [3.05, 3.63) is 42.0 Å². The van der Waals surface area contributed by atoms with Gasteiger partial charge in [0.25, 0.3) is 0 Å². The predicted molar refractivity (Wildman–Crippen MR) is 109 cm³/mol. The Morgan fingerprint density at radius 2 is 1.62 bits per heavy atom. The number of phosphoric ester groups is 1. The summed E-state index contributed by atoms with van der Waals surface area (Å²) in [5, 5.41) is 12.1. The van der Waals surface area contributed by atoms with Gasteiger partial charge in [0.1, 0.15) is 11.9 Å². The van der Waals surface area contributed by atoms with Gasteiger partial charge < -0.3 is 34.2 Å². The van der Waals surface area contributed by atoms with E-state index in [9.17, 15) is 28.6 Å². The molecule has 5 N–H and O–H groups in total. The van der Waals surface area contributed by atoms with Crippen LogP contribution in [-0.2, 0) is 31.6 Å². The van der Waals surface area contributed by atoms with Crippen molar-refractivity contribution < 1.29 is 61.0 Å². The number of hydrogen-bond donors (Lipinski definition) is 5. The maximum absolute atomic E-state index is 11.9. The molecule has 1 fully saturated rings. The van der Waals surface area contributed by atoms with E-state index in [2.05, 4.69) is 13.1 Å². The highest BCUT2D eigenvalue weighted by atomic mass is 31.3. The summed E-state index contributed by atoms with van der Waals surface area (Å²) in [4.78, 5) is 35.8. The molecule has 13 nitrogen and oxygen atoms in total. The van der Waals surface area contributed by atoms with Gasteiger partial charge in [0.05, 0.1) is 25.9 Å². The summed E-state index contributed by atoms with van der Waals surface area (Å²) in [7, 11) is -15.0. The molecule has 0 radical (unpaired) electrons. The monoisotopic (exact) mass is 514 g/mol. The maximum atomic E-state index is 11.9. The lowest BCUT2D eigenvalue weighted by Gasteiger charge is -2.20. The largest absolute Gasteiger partial charge is 0.496 e. The normalized spacial score (nSPS) is 25.4. The van der Waals surface area contributed by atoms with Crippen LogP contribution in [0, 0.1) is 0 Å². The van der Waals surface area contributed by atoms with Gasteiger partial charge in [0.15, 0.2) is 0 Å². The molecule has 0 aromatic heterocycles. The molecule has 5 atom stereocenters. The van der Waals surface area contributed by atoms with Gasteiger partial charge in [-0.3, -0.25) is 4.52 Å². The average Bonchev–Trinajstić information content (AvgIpc) is 3.03. The van der Waals surface area contributed by atoms with Crippen molar-refractivity contribution in [1.82, 2.24) is 0 Å². The minimum Gasteiger partial charge on any atom is -0.496 e. The number of ether oxygens (including phenoxy) is 2. The summed E-state index contributed by atoms with van der Waals surface area (Å²) in [6.07, 6.45) is -2.82. The number of benzene rings is 2. The Morgan fingerprint density at radius 3 is 2.22 bits per heavy atom. The fraction of sp³-hybridized carbons (Fsp3) is 0.375. The van der Waals surface area contributed by atoms with E-state index in [1.807, 2.05) is 30.3 Å². The van der Waals surface area contributed by atoms with E-state index in [1.54, 1.807) is 6.07 Å². The summed E-state index contributed by atoms with van der Waals surface area (Å²) < 4.78 is 56.9. The van der Waals surface area contributed by atoms with E-state index in [4.69, 9.17) is 19.3 Å². The molecule has 0 aliphatic carbocycles. The molecule has 1 heterocycles. The Bertz CT molecular complexity index is 1120. The minimum absolute atomic E-state index is 0.0964. The lowest BCUT2D eigenvalue weighted by molar-refractivity contribution is -0.0225. The van der Waals surface area contributed by atoms with Crippen molar-refractivity contribution in [2.45, 2.75) is 24.7 Å². The van der Waals surface area contributed by atoms with Crippen LogP contribution in [-0.4, -0.2) is 50.6 Å². The van der Waals surface area contributed by atoms with E-state index in [0.29, 0.717) is 11.3 Å². The second-order valence-electron chi connectivity index (χ2n) is 6.79. The van der Waals surface area contributed by atoms with Crippen LogP contribution in [0.4, 0.5) is 0 Å². The van der Waals surface area contributed by atoms with Crippen LogP contribution in [0.15, 0.2) is 36.4 Å². The highest BCUT2D eigenvalue weighted by Gasteiger charge is 2.43. The fourth-order valence-corrected chi connectivity index (χ4v) is 6.25. The number of hydrogen-bond acceptors (Lipinski definition) is 9. The van der Waals surface area contributed by atoms with Crippen molar-refractivity contribution in [2.75, 3.05) is 13.7 Å². The third-order valence-electron chi connectivity index (χ3n) is 4.49. The van der Waals surface area contributed by atoms with E-state index in [0.717, 1.165) is 10.8 Å². The molecular formula is C16H21O13P3. The molecular weight excluding hydrogens is 493 g/mol. The molecule has 1 saturated heterocycles. The number of methoxy groups -OCH3 is 1. The predicted octanol–water partition coefficient (Wildman–Crippen LogP) is 2.38. The fourth-order valence-electron chi connectivity index (χ4n) is 3.22. The van der Waals surface area contributed by atoms with E-state index >= 15 is 0 Å². The van der Waals surface area contributed by atoms with Crippen LogP contribution in [0.2, 0.25) is 0 Å². The van der Waals surface area contributed by atoms with Crippen molar-refractivity contribution >= 4 is 34.2 Å². The average molecular weight is 514 g/mol. The number of aliphatic hydroxyl groups excluding tert-OH is 1. The van der Waals surface area contributed by atoms with Crippen LogP contribution in [0.3, 0.4) is 0 Å². The lowest BCUT2D eigenvalue weighted by Crippen LogP contribution is -2.26. The molecule has 0 amide bonds.